The third-order valence-corrected chi connectivity index (χ3v) is 4.89. The number of hydrogen-bond donors (Lipinski definition) is 0. The molecule has 25 heavy (non-hydrogen) atoms. The third kappa shape index (κ3) is 3.59. The van der Waals surface area contributed by atoms with Gasteiger partial charge in [-0.1, -0.05) is 36.4 Å². The zero-order valence-corrected chi connectivity index (χ0v) is 14.5. The molecule has 4 nitrogen and oxygen atoms in total. The van der Waals surface area contributed by atoms with Crippen molar-refractivity contribution in [1.29, 1.82) is 0 Å². The summed E-state index contributed by atoms with van der Waals surface area (Å²) >= 11 is 0. The van der Waals surface area contributed by atoms with Gasteiger partial charge in [0.25, 0.3) is 0 Å². The second-order valence-electron chi connectivity index (χ2n) is 6.58. The Bertz CT molecular complexity index is 829. The van der Waals surface area contributed by atoms with Crippen LogP contribution in [0.5, 0.6) is 5.75 Å². The maximum absolute atomic E-state index is 5.37. The molecule has 1 aliphatic rings. The number of nitrogens with zero attached hydrogens (tertiary/aromatic N) is 3. The lowest BCUT2D eigenvalue weighted by molar-refractivity contribution is 0.0817. The molecule has 1 aliphatic heterocycles. The average Bonchev–Trinajstić information content (AvgIpc) is 3.12. The van der Waals surface area contributed by atoms with Crippen molar-refractivity contribution in [3.05, 3.63) is 83.7 Å². The van der Waals surface area contributed by atoms with Gasteiger partial charge in [0.05, 0.1) is 13.7 Å². The van der Waals surface area contributed by atoms with Crippen molar-refractivity contribution in [2.75, 3.05) is 13.7 Å². The topological polar surface area (TPSA) is 30.3 Å². The first-order valence-corrected chi connectivity index (χ1v) is 8.75. The molecule has 0 bridgehead atoms. The fourth-order valence-corrected chi connectivity index (χ4v) is 3.50. The number of aromatic nitrogens is 2. The predicted molar refractivity (Wildman–Crippen MR) is 98.5 cm³/mol. The van der Waals surface area contributed by atoms with Crippen LogP contribution in [0.15, 0.2) is 67.0 Å². The largest absolute Gasteiger partial charge is 0.497 e. The molecule has 4 rings (SSSR count). The Kier molecular flexibility index (Phi) is 4.53. The lowest BCUT2D eigenvalue weighted by Crippen LogP contribution is -2.40. The van der Waals surface area contributed by atoms with Gasteiger partial charge in [0.2, 0.25) is 0 Å². The van der Waals surface area contributed by atoms with Crippen LogP contribution >= 0.6 is 0 Å². The molecule has 4 heteroatoms. The highest BCUT2D eigenvalue weighted by molar-refractivity contribution is 5.32. The summed E-state index contributed by atoms with van der Waals surface area (Å²) in [4.78, 5) is 2.53. The standard InChI is InChI=1S/C21H23N3O/c1-25-20-8-3-7-19(14-20)21-9-12-23(21)15-17-5-2-6-18(13-17)16-24-11-4-10-22-24/h2-8,10-11,13-14,21H,9,12,15-16H2,1H3/t21-/m1/s1. The number of hydrogen-bond acceptors (Lipinski definition) is 3. The second kappa shape index (κ2) is 7.11. The average molecular weight is 333 g/mol. The highest BCUT2D eigenvalue weighted by atomic mass is 16.5. The van der Waals surface area contributed by atoms with E-state index in [0.717, 1.165) is 25.4 Å². The van der Waals surface area contributed by atoms with E-state index in [4.69, 9.17) is 4.74 Å². The van der Waals surface area contributed by atoms with Crippen LogP contribution < -0.4 is 4.74 Å². The second-order valence-corrected chi connectivity index (χ2v) is 6.58. The fourth-order valence-electron chi connectivity index (χ4n) is 3.50. The molecule has 0 radical (unpaired) electrons. The first kappa shape index (κ1) is 15.9. The molecule has 0 amide bonds. The Labute approximate surface area is 148 Å². The van der Waals surface area contributed by atoms with Crippen LogP contribution in [0.3, 0.4) is 0 Å². The summed E-state index contributed by atoms with van der Waals surface area (Å²) < 4.78 is 7.33. The summed E-state index contributed by atoms with van der Waals surface area (Å²) in [6, 6.07) is 19.7. The number of likely N-dealkylation sites (tertiary alicyclic amines) is 1. The quantitative estimate of drug-likeness (QED) is 0.686. The van der Waals surface area contributed by atoms with E-state index in [0.29, 0.717) is 6.04 Å². The molecule has 1 aromatic heterocycles. The maximum atomic E-state index is 5.37. The smallest absolute Gasteiger partial charge is 0.119 e. The molecule has 1 saturated heterocycles. The Morgan fingerprint density at radius 1 is 1.04 bits per heavy atom. The van der Waals surface area contributed by atoms with Crippen molar-refractivity contribution >= 4 is 0 Å². The minimum atomic E-state index is 0.491. The fraction of sp³-hybridized carbons (Fsp3) is 0.286. The lowest BCUT2D eigenvalue weighted by atomic mass is 9.93. The zero-order valence-electron chi connectivity index (χ0n) is 14.5. The van der Waals surface area contributed by atoms with Crippen LogP contribution in [0.25, 0.3) is 0 Å². The molecule has 1 atom stereocenters. The van der Waals surface area contributed by atoms with Gasteiger partial charge < -0.3 is 4.74 Å². The normalized spacial score (nSPS) is 17.2. The van der Waals surface area contributed by atoms with Crippen molar-refractivity contribution in [2.24, 2.45) is 0 Å². The van der Waals surface area contributed by atoms with Crippen molar-refractivity contribution in [3.8, 4) is 5.75 Å². The van der Waals surface area contributed by atoms with Gasteiger partial charge in [-0.3, -0.25) is 9.58 Å². The molecule has 0 aliphatic carbocycles. The van der Waals surface area contributed by atoms with Crippen LogP contribution in [0.4, 0.5) is 0 Å². The minimum absolute atomic E-state index is 0.491. The SMILES string of the molecule is COc1cccc([C@H]2CCN2Cc2cccc(Cn3cccn3)c2)c1. The van der Waals surface area contributed by atoms with E-state index >= 15 is 0 Å². The maximum Gasteiger partial charge on any atom is 0.119 e. The Balaban J connectivity index is 1.45. The van der Waals surface area contributed by atoms with E-state index in [1.165, 1.54) is 23.1 Å². The van der Waals surface area contributed by atoms with E-state index in [-0.39, 0.29) is 0 Å². The molecule has 0 unspecified atom stereocenters. The third-order valence-electron chi connectivity index (χ3n) is 4.89. The van der Waals surface area contributed by atoms with Crippen LogP contribution in [-0.4, -0.2) is 28.3 Å². The number of benzene rings is 2. The Morgan fingerprint density at radius 3 is 2.60 bits per heavy atom. The van der Waals surface area contributed by atoms with Gasteiger partial charge in [-0.25, -0.2) is 0 Å². The van der Waals surface area contributed by atoms with E-state index in [1.807, 2.05) is 29.2 Å². The minimum Gasteiger partial charge on any atom is -0.497 e. The molecule has 1 fully saturated rings. The molecule has 2 heterocycles. The summed E-state index contributed by atoms with van der Waals surface area (Å²) in [7, 11) is 1.72. The summed E-state index contributed by atoms with van der Waals surface area (Å²) in [5.74, 6) is 0.936. The van der Waals surface area contributed by atoms with Gasteiger partial charge >= 0.3 is 0 Å². The summed E-state index contributed by atoms with van der Waals surface area (Å²) in [6.07, 6.45) is 5.03. The highest BCUT2D eigenvalue weighted by Gasteiger charge is 2.29. The molecule has 2 aromatic carbocycles. The van der Waals surface area contributed by atoms with Crippen molar-refractivity contribution in [2.45, 2.75) is 25.6 Å². The van der Waals surface area contributed by atoms with Crippen LogP contribution in [0.2, 0.25) is 0 Å². The van der Waals surface area contributed by atoms with Gasteiger partial charge in [0, 0.05) is 31.5 Å². The van der Waals surface area contributed by atoms with Gasteiger partial charge in [0.1, 0.15) is 5.75 Å². The highest BCUT2D eigenvalue weighted by Crippen LogP contribution is 2.35. The number of methoxy groups -OCH3 is 1. The van der Waals surface area contributed by atoms with Crippen LogP contribution in [0, 0.1) is 0 Å². The number of rotatable bonds is 6. The molecule has 3 aromatic rings. The zero-order chi connectivity index (χ0) is 17.1. The molecule has 0 spiro atoms. The predicted octanol–water partition coefficient (Wildman–Crippen LogP) is 3.89. The lowest BCUT2D eigenvalue weighted by Gasteiger charge is -2.41. The summed E-state index contributed by atoms with van der Waals surface area (Å²) in [6.45, 7) is 2.94. The van der Waals surface area contributed by atoms with E-state index < -0.39 is 0 Å². The first-order chi connectivity index (χ1) is 12.3. The van der Waals surface area contributed by atoms with Gasteiger partial charge in [-0.05, 0) is 41.3 Å². The number of ether oxygens (including phenoxy) is 1. The van der Waals surface area contributed by atoms with Crippen molar-refractivity contribution in [3.63, 3.8) is 0 Å². The summed E-state index contributed by atoms with van der Waals surface area (Å²) in [5, 5.41) is 4.29. The van der Waals surface area contributed by atoms with Gasteiger partial charge in [-0.2, -0.15) is 5.10 Å². The van der Waals surface area contributed by atoms with Crippen molar-refractivity contribution < 1.29 is 4.74 Å². The van der Waals surface area contributed by atoms with Gasteiger partial charge in [-0.15, -0.1) is 0 Å². The Hall–Kier alpha value is -2.59. The molecule has 128 valence electrons. The monoisotopic (exact) mass is 333 g/mol. The van der Waals surface area contributed by atoms with Crippen LogP contribution in [0.1, 0.15) is 29.2 Å². The molecule has 0 saturated carbocycles. The van der Waals surface area contributed by atoms with E-state index in [9.17, 15) is 0 Å². The van der Waals surface area contributed by atoms with E-state index in [2.05, 4.69) is 52.5 Å². The van der Waals surface area contributed by atoms with Gasteiger partial charge in [0.15, 0.2) is 0 Å². The van der Waals surface area contributed by atoms with E-state index in [1.54, 1.807) is 7.11 Å². The summed E-state index contributed by atoms with van der Waals surface area (Å²) in [5.41, 5.74) is 4.00. The van der Waals surface area contributed by atoms with Crippen LogP contribution in [-0.2, 0) is 13.1 Å². The first-order valence-electron chi connectivity index (χ1n) is 8.75. The Morgan fingerprint density at radius 2 is 1.88 bits per heavy atom. The molecular formula is C21H23N3O. The molecule has 0 N–H and O–H groups in total. The molecular weight excluding hydrogens is 310 g/mol. The van der Waals surface area contributed by atoms with Crippen molar-refractivity contribution in [1.82, 2.24) is 14.7 Å².